The van der Waals surface area contributed by atoms with Crippen LogP contribution in [0.5, 0.6) is 0 Å². The summed E-state index contributed by atoms with van der Waals surface area (Å²) in [6.07, 6.45) is 12.1. The molecule has 21 heavy (non-hydrogen) atoms. The zero-order valence-corrected chi connectivity index (χ0v) is 13.9. The minimum atomic E-state index is 0.456. The highest BCUT2D eigenvalue weighted by Crippen LogP contribution is 2.47. The van der Waals surface area contributed by atoms with Crippen molar-refractivity contribution >= 4 is 0 Å². The Hall–Kier alpha value is -0.820. The van der Waals surface area contributed by atoms with E-state index in [1.54, 1.807) is 16.7 Å². The third kappa shape index (κ3) is 3.18. The van der Waals surface area contributed by atoms with Crippen LogP contribution in [0, 0.1) is 5.41 Å². The average Bonchev–Trinajstić information content (AvgIpc) is 2.95. The van der Waals surface area contributed by atoms with E-state index in [4.69, 9.17) is 0 Å². The van der Waals surface area contributed by atoms with E-state index in [9.17, 15) is 0 Å². The molecule has 116 valence electrons. The molecular formula is C20H31N. The molecule has 1 heteroatoms. The maximum Gasteiger partial charge on any atom is 0.0374 e. The monoisotopic (exact) mass is 285 g/mol. The van der Waals surface area contributed by atoms with Crippen LogP contribution in [0.4, 0.5) is 0 Å². The smallest absolute Gasteiger partial charge is 0.0374 e. The lowest BCUT2D eigenvalue weighted by Crippen LogP contribution is -2.35. The first kappa shape index (κ1) is 15.1. The molecule has 0 bridgehead atoms. The second-order valence-electron chi connectivity index (χ2n) is 7.48. The van der Waals surface area contributed by atoms with Crippen LogP contribution >= 0.6 is 0 Å². The largest absolute Gasteiger partial charge is 0.309 e. The molecule has 0 spiro atoms. The van der Waals surface area contributed by atoms with Gasteiger partial charge in [0.15, 0.2) is 0 Å². The number of nitrogens with one attached hydrogen (secondary N) is 1. The number of hydrogen-bond donors (Lipinski definition) is 1. The molecule has 1 nitrogen and oxygen atoms in total. The third-order valence-corrected chi connectivity index (χ3v) is 5.75. The average molecular weight is 285 g/mol. The zero-order chi connectivity index (χ0) is 14.7. The summed E-state index contributed by atoms with van der Waals surface area (Å²) in [5.74, 6) is 0. The molecule has 0 aromatic heterocycles. The summed E-state index contributed by atoms with van der Waals surface area (Å²) < 4.78 is 0. The Morgan fingerprint density at radius 3 is 2.48 bits per heavy atom. The van der Waals surface area contributed by atoms with E-state index in [2.05, 4.69) is 37.4 Å². The van der Waals surface area contributed by atoms with Crippen molar-refractivity contribution in [3.63, 3.8) is 0 Å². The normalized spacial score (nSPS) is 22.0. The summed E-state index contributed by atoms with van der Waals surface area (Å²) in [4.78, 5) is 0. The second-order valence-corrected chi connectivity index (χ2v) is 7.48. The number of hydrogen-bond acceptors (Lipinski definition) is 1. The SMILES string of the molecule is CCCNC(c1ccc2c(c1)CCCC2)C1(C)CCCC1. The number of benzene rings is 1. The Balaban J connectivity index is 1.88. The number of rotatable bonds is 5. The van der Waals surface area contributed by atoms with Crippen molar-refractivity contribution < 1.29 is 0 Å². The van der Waals surface area contributed by atoms with Gasteiger partial charge in [0.2, 0.25) is 0 Å². The van der Waals surface area contributed by atoms with Gasteiger partial charge in [0.05, 0.1) is 0 Å². The molecule has 1 atom stereocenters. The van der Waals surface area contributed by atoms with Crippen molar-refractivity contribution in [3.05, 3.63) is 34.9 Å². The molecule has 0 amide bonds. The molecule has 2 aliphatic rings. The van der Waals surface area contributed by atoms with Gasteiger partial charge in [-0.1, -0.05) is 44.9 Å². The Morgan fingerprint density at radius 1 is 1.05 bits per heavy atom. The lowest BCUT2D eigenvalue weighted by atomic mass is 9.76. The highest BCUT2D eigenvalue weighted by atomic mass is 14.9. The minimum absolute atomic E-state index is 0.456. The molecule has 1 fully saturated rings. The Kier molecular flexibility index (Phi) is 4.69. The molecule has 1 N–H and O–H groups in total. The molecule has 0 radical (unpaired) electrons. The van der Waals surface area contributed by atoms with Gasteiger partial charge in [-0.3, -0.25) is 0 Å². The van der Waals surface area contributed by atoms with Gasteiger partial charge >= 0.3 is 0 Å². The van der Waals surface area contributed by atoms with Crippen LogP contribution in [-0.4, -0.2) is 6.54 Å². The van der Waals surface area contributed by atoms with E-state index >= 15 is 0 Å². The fourth-order valence-electron chi connectivity index (χ4n) is 4.46. The first-order chi connectivity index (χ1) is 10.2. The molecule has 1 aromatic carbocycles. The summed E-state index contributed by atoms with van der Waals surface area (Å²) in [6.45, 7) is 5.91. The van der Waals surface area contributed by atoms with Gasteiger partial charge in [0, 0.05) is 6.04 Å². The standard InChI is InChI=1S/C20H31N/c1-3-14-21-19(20(2)12-6-7-13-20)18-11-10-16-8-4-5-9-17(16)15-18/h10-11,15,19,21H,3-9,12-14H2,1-2H3. The lowest BCUT2D eigenvalue weighted by molar-refractivity contribution is 0.223. The van der Waals surface area contributed by atoms with Gasteiger partial charge in [-0.2, -0.15) is 0 Å². The quantitative estimate of drug-likeness (QED) is 0.785. The van der Waals surface area contributed by atoms with Gasteiger partial charge in [0.25, 0.3) is 0 Å². The van der Waals surface area contributed by atoms with Crippen LogP contribution in [0.2, 0.25) is 0 Å². The molecule has 1 saturated carbocycles. The van der Waals surface area contributed by atoms with Crippen molar-refractivity contribution in [2.45, 2.75) is 77.7 Å². The van der Waals surface area contributed by atoms with E-state index in [1.807, 2.05) is 0 Å². The van der Waals surface area contributed by atoms with Crippen molar-refractivity contribution in [2.24, 2.45) is 5.41 Å². The Labute approximate surface area is 130 Å². The van der Waals surface area contributed by atoms with Gasteiger partial charge in [-0.25, -0.2) is 0 Å². The Bertz CT molecular complexity index is 471. The molecule has 3 rings (SSSR count). The van der Waals surface area contributed by atoms with Crippen LogP contribution in [0.1, 0.15) is 81.5 Å². The third-order valence-electron chi connectivity index (χ3n) is 5.75. The second kappa shape index (κ2) is 6.52. The molecule has 0 heterocycles. The maximum absolute atomic E-state index is 3.87. The summed E-state index contributed by atoms with van der Waals surface area (Å²) in [5, 5.41) is 3.87. The van der Waals surface area contributed by atoms with Crippen LogP contribution in [0.15, 0.2) is 18.2 Å². The lowest BCUT2D eigenvalue weighted by Gasteiger charge is -2.36. The van der Waals surface area contributed by atoms with Gasteiger partial charge in [0.1, 0.15) is 0 Å². The summed E-state index contributed by atoms with van der Waals surface area (Å²) in [6, 6.07) is 7.92. The van der Waals surface area contributed by atoms with E-state index in [1.165, 1.54) is 57.8 Å². The first-order valence-electron chi connectivity index (χ1n) is 9.08. The number of aryl methyl sites for hydroxylation is 2. The summed E-state index contributed by atoms with van der Waals surface area (Å²) in [7, 11) is 0. The topological polar surface area (TPSA) is 12.0 Å². The highest BCUT2D eigenvalue weighted by molar-refractivity contribution is 5.36. The van der Waals surface area contributed by atoms with Crippen molar-refractivity contribution in [1.82, 2.24) is 5.32 Å². The first-order valence-corrected chi connectivity index (χ1v) is 9.08. The molecule has 1 unspecified atom stereocenters. The predicted octanol–water partition coefficient (Wildman–Crippen LogP) is 5.19. The fourth-order valence-corrected chi connectivity index (χ4v) is 4.46. The fraction of sp³-hybridized carbons (Fsp3) is 0.700. The summed E-state index contributed by atoms with van der Waals surface area (Å²) in [5.41, 5.74) is 5.24. The molecule has 0 aliphatic heterocycles. The van der Waals surface area contributed by atoms with Crippen LogP contribution < -0.4 is 5.32 Å². The van der Waals surface area contributed by atoms with Crippen LogP contribution in [-0.2, 0) is 12.8 Å². The Morgan fingerprint density at radius 2 is 1.76 bits per heavy atom. The zero-order valence-electron chi connectivity index (χ0n) is 13.9. The van der Waals surface area contributed by atoms with E-state index < -0.39 is 0 Å². The van der Waals surface area contributed by atoms with Crippen LogP contribution in [0.3, 0.4) is 0 Å². The maximum atomic E-state index is 3.87. The van der Waals surface area contributed by atoms with Gasteiger partial charge < -0.3 is 5.32 Å². The number of fused-ring (bicyclic) bond motifs is 1. The molecule has 1 aromatic rings. The summed E-state index contributed by atoms with van der Waals surface area (Å²) >= 11 is 0. The van der Waals surface area contributed by atoms with Crippen molar-refractivity contribution in [3.8, 4) is 0 Å². The van der Waals surface area contributed by atoms with Crippen molar-refractivity contribution in [1.29, 1.82) is 0 Å². The molecule has 0 saturated heterocycles. The van der Waals surface area contributed by atoms with E-state index in [0.717, 1.165) is 6.54 Å². The van der Waals surface area contributed by atoms with Crippen molar-refractivity contribution in [2.75, 3.05) is 6.54 Å². The predicted molar refractivity (Wildman–Crippen MR) is 90.7 cm³/mol. The van der Waals surface area contributed by atoms with Gasteiger partial charge in [-0.15, -0.1) is 0 Å². The van der Waals surface area contributed by atoms with E-state index in [-0.39, 0.29) is 0 Å². The molecular weight excluding hydrogens is 254 g/mol. The highest BCUT2D eigenvalue weighted by Gasteiger charge is 2.37. The molecule has 2 aliphatic carbocycles. The minimum Gasteiger partial charge on any atom is -0.309 e. The van der Waals surface area contributed by atoms with Gasteiger partial charge in [-0.05, 0) is 73.6 Å². The van der Waals surface area contributed by atoms with E-state index in [0.29, 0.717) is 11.5 Å². The van der Waals surface area contributed by atoms with Crippen LogP contribution in [0.25, 0.3) is 0 Å².